The predicted octanol–water partition coefficient (Wildman–Crippen LogP) is 3.74. The first kappa shape index (κ1) is 12.8. The summed E-state index contributed by atoms with van der Waals surface area (Å²) in [5.41, 5.74) is 2.66. The first-order valence-corrected chi connectivity index (χ1v) is 6.43. The Bertz CT molecular complexity index is 734. The lowest BCUT2D eigenvalue weighted by atomic mass is 10.1. The Morgan fingerprint density at radius 3 is 2.70 bits per heavy atom. The molecule has 2 nitrogen and oxygen atoms in total. The molecule has 3 aromatic rings. The number of aromatic amines is 1. The summed E-state index contributed by atoms with van der Waals surface area (Å²) in [6.45, 7) is 1.00. The third-order valence-corrected chi connectivity index (χ3v) is 3.28. The standard InChI is InChI=1S/C16H14F2N2/c17-14-4-3-13(15(18)8-14)10-19-9-11-1-2-12-5-6-20-16(12)7-11/h1-8,19-20H,9-10H2. The zero-order valence-electron chi connectivity index (χ0n) is 10.8. The topological polar surface area (TPSA) is 27.8 Å². The number of hydrogen-bond donors (Lipinski definition) is 2. The molecule has 2 N–H and O–H groups in total. The highest BCUT2D eigenvalue weighted by molar-refractivity contribution is 5.79. The normalized spacial score (nSPS) is 11.1. The molecule has 0 saturated carbocycles. The Morgan fingerprint density at radius 1 is 0.950 bits per heavy atom. The quantitative estimate of drug-likeness (QED) is 0.744. The van der Waals surface area contributed by atoms with Crippen LogP contribution in [0.5, 0.6) is 0 Å². The number of nitrogens with one attached hydrogen (secondary N) is 2. The Balaban J connectivity index is 1.64. The summed E-state index contributed by atoms with van der Waals surface area (Å²) in [6, 6.07) is 11.8. The van der Waals surface area contributed by atoms with Crippen molar-refractivity contribution in [2.45, 2.75) is 13.1 Å². The number of halogens is 2. The lowest BCUT2D eigenvalue weighted by molar-refractivity contribution is 0.560. The van der Waals surface area contributed by atoms with E-state index in [9.17, 15) is 8.78 Å². The minimum Gasteiger partial charge on any atom is -0.361 e. The number of fused-ring (bicyclic) bond motifs is 1. The number of H-pyrrole nitrogens is 1. The van der Waals surface area contributed by atoms with Gasteiger partial charge in [0.15, 0.2) is 0 Å². The average Bonchev–Trinajstić information content (AvgIpc) is 2.89. The second-order valence-electron chi connectivity index (χ2n) is 4.74. The van der Waals surface area contributed by atoms with Gasteiger partial charge >= 0.3 is 0 Å². The zero-order valence-corrected chi connectivity index (χ0v) is 10.8. The van der Waals surface area contributed by atoms with Gasteiger partial charge in [-0.25, -0.2) is 8.78 Å². The lowest BCUT2D eigenvalue weighted by Gasteiger charge is -2.06. The maximum absolute atomic E-state index is 13.5. The first-order chi connectivity index (χ1) is 9.72. The van der Waals surface area contributed by atoms with Crippen LogP contribution in [-0.4, -0.2) is 4.98 Å². The Hall–Kier alpha value is -2.20. The van der Waals surface area contributed by atoms with Crippen LogP contribution in [0.2, 0.25) is 0 Å². The van der Waals surface area contributed by atoms with Crippen LogP contribution in [0.15, 0.2) is 48.7 Å². The highest BCUT2D eigenvalue weighted by Crippen LogP contribution is 2.14. The third-order valence-electron chi connectivity index (χ3n) is 3.28. The molecule has 1 heterocycles. The van der Waals surface area contributed by atoms with E-state index in [4.69, 9.17) is 0 Å². The minimum atomic E-state index is -0.552. The van der Waals surface area contributed by atoms with Crippen LogP contribution in [-0.2, 0) is 13.1 Å². The van der Waals surface area contributed by atoms with Crippen molar-refractivity contribution in [2.24, 2.45) is 0 Å². The van der Waals surface area contributed by atoms with Gasteiger partial charge in [0.05, 0.1) is 0 Å². The molecule has 0 aliphatic heterocycles. The molecule has 102 valence electrons. The predicted molar refractivity (Wildman–Crippen MR) is 75.2 cm³/mol. The summed E-state index contributed by atoms with van der Waals surface area (Å²) in [7, 11) is 0. The molecular weight excluding hydrogens is 258 g/mol. The smallest absolute Gasteiger partial charge is 0.130 e. The number of hydrogen-bond acceptors (Lipinski definition) is 1. The first-order valence-electron chi connectivity index (χ1n) is 6.43. The molecule has 2 aromatic carbocycles. The molecule has 0 atom stereocenters. The SMILES string of the molecule is Fc1ccc(CNCc2ccc3cc[nH]c3c2)c(F)c1. The van der Waals surface area contributed by atoms with Gasteiger partial charge < -0.3 is 10.3 Å². The van der Waals surface area contributed by atoms with Gasteiger partial charge in [-0.2, -0.15) is 0 Å². The van der Waals surface area contributed by atoms with Crippen LogP contribution >= 0.6 is 0 Å². The Kier molecular flexibility index (Phi) is 3.48. The van der Waals surface area contributed by atoms with Gasteiger partial charge in [-0.1, -0.05) is 18.2 Å². The summed E-state index contributed by atoms with van der Waals surface area (Å²) in [6.07, 6.45) is 1.90. The number of rotatable bonds is 4. The molecular formula is C16H14F2N2. The minimum absolute atomic E-state index is 0.370. The molecule has 0 amide bonds. The fraction of sp³-hybridized carbons (Fsp3) is 0.125. The average molecular weight is 272 g/mol. The summed E-state index contributed by atoms with van der Waals surface area (Å²) >= 11 is 0. The summed E-state index contributed by atoms with van der Waals surface area (Å²) in [4.78, 5) is 3.15. The molecule has 0 unspecified atom stereocenters. The van der Waals surface area contributed by atoms with Crippen molar-refractivity contribution in [2.75, 3.05) is 0 Å². The van der Waals surface area contributed by atoms with E-state index < -0.39 is 11.6 Å². The number of benzene rings is 2. The highest BCUT2D eigenvalue weighted by atomic mass is 19.1. The van der Waals surface area contributed by atoms with Gasteiger partial charge in [0.1, 0.15) is 11.6 Å². The molecule has 0 aliphatic rings. The van der Waals surface area contributed by atoms with Gasteiger partial charge in [0.25, 0.3) is 0 Å². The molecule has 0 fully saturated rings. The van der Waals surface area contributed by atoms with E-state index in [2.05, 4.69) is 16.4 Å². The van der Waals surface area contributed by atoms with Gasteiger partial charge in [-0.3, -0.25) is 0 Å². The van der Waals surface area contributed by atoms with Crippen LogP contribution in [0, 0.1) is 11.6 Å². The fourth-order valence-electron chi connectivity index (χ4n) is 2.21. The van der Waals surface area contributed by atoms with Crippen molar-refractivity contribution in [3.63, 3.8) is 0 Å². The highest BCUT2D eigenvalue weighted by Gasteiger charge is 2.03. The van der Waals surface area contributed by atoms with Crippen molar-refractivity contribution < 1.29 is 8.78 Å². The largest absolute Gasteiger partial charge is 0.361 e. The monoisotopic (exact) mass is 272 g/mol. The zero-order chi connectivity index (χ0) is 13.9. The molecule has 0 spiro atoms. The molecule has 0 radical (unpaired) electrons. The van der Waals surface area contributed by atoms with Crippen molar-refractivity contribution in [1.29, 1.82) is 0 Å². The molecule has 1 aromatic heterocycles. The van der Waals surface area contributed by atoms with Crippen LogP contribution in [0.3, 0.4) is 0 Å². The number of aromatic nitrogens is 1. The second-order valence-corrected chi connectivity index (χ2v) is 4.74. The fourth-order valence-corrected chi connectivity index (χ4v) is 2.21. The molecule has 0 saturated heterocycles. The van der Waals surface area contributed by atoms with Gasteiger partial charge in [-0.15, -0.1) is 0 Å². The Labute approximate surface area is 115 Å². The summed E-state index contributed by atoms with van der Waals surface area (Å²) in [5.74, 6) is -1.07. The molecule has 3 rings (SSSR count). The van der Waals surface area contributed by atoms with E-state index in [0.717, 1.165) is 17.1 Å². The van der Waals surface area contributed by atoms with Gasteiger partial charge in [0, 0.05) is 36.4 Å². The van der Waals surface area contributed by atoms with Gasteiger partial charge in [-0.05, 0) is 29.1 Å². The van der Waals surface area contributed by atoms with Crippen LogP contribution < -0.4 is 5.32 Å². The van der Waals surface area contributed by atoms with E-state index in [0.29, 0.717) is 18.7 Å². The van der Waals surface area contributed by atoms with E-state index in [-0.39, 0.29) is 0 Å². The Morgan fingerprint density at radius 2 is 1.85 bits per heavy atom. The van der Waals surface area contributed by atoms with Crippen molar-refractivity contribution in [1.82, 2.24) is 10.3 Å². The van der Waals surface area contributed by atoms with Gasteiger partial charge in [0.2, 0.25) is 0 Å². The maximum Gasteiger partial charge on any atom is 0.130 e. The third kappa shape index (κ3) is 2.70. The lowest BCUT2D eigenvalue weighted by Crippen LogP contribution is -2.13. The molecule has 0 bridgehead atoms. The van der Waals surface area contributed by atoms with Crippen LogP contribution in [0.1, 0.15) is 11.1 Å². The van der Waals surface area contributed by atoms with Crippen molar-refractivity contribution in [3.8, 4) is 0 Å². The van der Waals surface area contributed by atoms with E-state index >= 15 is 0 Å². The maximum atomic E-state index is 13.5. The molecule has 20 heavy (non-hydrogen) atoms. The van der Waals surface area contributed by atoms with Crippen LogP contribution in [0.4, 0.5) is 8.78 Å². The van der Waals surface area contributed by atoms with Crippen molar-refractivity contribution >= 4 is 10.9 Å². The van der Waals surface area contributed by atoms with Crippen LogP contribution in [0.25, 0.3) is 10.9 Å². The summed E-state index contributed by atoms with van der Waals surface area (Å²) < 4.78 is 26.2. The van der Waals surface area contributed by atoms with E-state index in [1.165, 1.54) is 17.5 Å². The summed E-state index contributed by atoms with van der Waals surface area (Å²) in [5, 5.41) is 4.32. The van der Waals surface area contributed by atoms with E-state index in [1.54, 1.807) is 0 Å². The molecule has 4 heteroatoms. The molecule has 0 aliphatic carbocycles. The second kappa shape index (κ2) is 5.43. The van der Waals surface area contributed by atoms with Crippen molar-refractivity contribution in [3.05, 3.63) is 71.4 Å². The van der Waals surface area contributed by atoms with E-state index in [1.807, 2.05) is 24.4 Å².